The molecule has 0 N–H and O–H groups in total. The number of hydrogen-bond acceptors (Lipinski definition) is 1. The van der Waals surface area contributed by atoms with Crippen LogP contribution in [0, 0.1) is 0 Å². The first-order valence-corrected chi connectivity index (χ1v) is 5.82. The lowest BCUT2D eigenvalue weighted by Gasteiger charge is -2.23. The Morgan fingerprint density at radius 2 is 2.00 bits per heavy atom. The molecule has 0 saturated heterocycles. The van der Waals surface area contributed by atoms with E-state index in [9.17, 15) is 0 Å². The predicted molar refractivity (Wildman–Crippen MR) is 47.6 cm³/mol. The zero-order valence-electron chi connectivity index (χ0n) is 7.15. The van der Waals surface area contributed by atoms with Gasteiger partial charge in [-0.1, -0.05) is 12.8 Å². The number of rotatable bonds is 3. The van der Waals surface area contributed by atoms with Crippen LogP contribution >= 0.6 is 0 Å². The molecule has 1 nitrogen and oxygen atoms in total. The summed E-state index contributed by atoms with van der Waals surface area (Å²) in [4.78, 5) is 0. The standard InChI is InChI=1S/C8H18OSi/c1-8(9-6-7-10)4-2-3-5-8/h2-7H2,1,10H3. The van der Waals surface area contributed by atoms with Crippen LogP contribution in [0.15, 0.2) is 0 Å². The SMILES string of the molecule is CC1(OCC[SiH3])CCCC1. The first-order chi connectivity index (χ1) is 4.77. The predicted octanol–water partition coefficient (Wildman–Crippen LogP) is 1.12. The molecule has 1 aliphatic rings. The third-order valence-electron chi connectivity index (χ3n) is 2.32. The molecule has 0 aliphatic heterocycles. The van der Waals surface area contributed by atoms with Crippen molar-refractivity contribution in [2.75, 3.05) is 6.61 Å². The molecule has 60 valence electrons. The van der Waals surface area contributed by atoms with E-state index in [0.29, 0.717) is 0 Å². The minimum atomic E-state index is 0.268. The highest BCUT2D eigenvalue weighted by Gasteiger charge is 2.28. The highest BCUT2D eigenvalue weighted by atomic mass is 28.1. The van der Waals surface area contributed by atoms with Gasteiger partial charge in [0.15, 0.2) is 0 Å². The minimum absolute atomic E-state index is 0.268. The van der Waals surface area contributed by atoms with Gasteiger partial charge < -0.3 is 4.74 Å². The van der Waals surface area contributed by atoms with Crippen LogP contribution in [0.4, 0.5) is 0 Å². The van der Waals surface area contributed by atoms with Crippen molar-refractivity contribution in [2.24, 2.45) is 0 Å². The topological polar surface area (TPSA) is 9.23 Å². The lowest BCUT2D eigenvalue weighted by atomic mass is 10.1. The molecule has 2 heteroatoms. The van der Waals surface area contributed by atoms with Crippen molar-refractivity contribution in [3.63, 3.8) is 0 Å². The Hall–Kier alpha value is 0.177. The third-order valence-corrected chi connectivity index (χ3v) is 2.72. The Morgan fingerprint density at radius 3 is 2.50 bits per heavy atom. The second kappa shape index (κ2) is 3.53. The molecule has 0 aromatic rings. The molecule has 1 saturated carbocycles. The molecule has 0 bridgehead atoms. The molecular weight excluding hydrogens is 140 g/mol. The molecular formula is C8H18OSi. The molecule has 1 aliphatic carbocycles. The van der Waals surface area contributed by atoms with Crippen LogP contribution in [-0.4, -0.2) is 22.5 Å². The zero-order valence-corrected chi connectivity index (χ0v) is 9.15. The van der Waals surface area contributed by atoms with Crippen molar-refractivity contribution in [3.05, 3.63) is 0 Å². The molecule has 0 radical (unpaired) electrons. The Morgan fingerprint density at radius 1 is 1.40 bits per heavy atom. The van der Waals surface area contributed by atoms with Gasteiger partial charge in [-0.2, -0.15) is 0 Å². The van der Waals surface area contributed by atoms with Gasteiger partial charge in [-0.3, -0.25) is 0 Å². The van der Waals surface area contributed by atoms with Crippen molar-refractivity contribution in [3.8, 4) is 0 Å². The van der Waals surface area contributed by atoms with Crippen molar-refractivity contribution < 1.29 is 4.74 Å². The maximum atomic E-state index is 5.77. The zero-order chi connectivity index (χ0) is 7.45. The Bertz CT molecular complexity index is 97.4. The first kappa shape index (κ1) is 8.28. The van der Waals surface area contributed by atoms with Gasteiger partial charge in [0, 0.05) is 16.8 Å². The molecule has 1 rings (SSSR count). The maximum Gasteiger partial charge on any atom is 0.0654 e. The number of hydrogen-bond donors (Lipinski definition) is 0. The van der Waals surface area contributed by atoms with Gasteiger partial charge in [0.25, 0.3) is 0 Å². The quantitative estimate of drug-likeness (QED) is 0.559. The normalized spacial score (nSPS) is 23.7. The summed E-state index contributed by atoms with van der Waals surface area (Å²) in [5.74, 6) is 0. The van der Waals surface area contributed by atoms with Gasteiger partial charge in [-0.15, -0.1) is 0 Å². The van der Waals surface area contributed by atoms with E-state index in [1.807, 2.05) is 0 Å². The molecule has 0 unspecified atom stereocenters. The summed E-state index contributed by atoms with van der Waals surface area (Å²) in [7, 11) is 1.28. The molecule has 0 aromatic carbocycles. The summed E-state index contributed by atoms with van der Waals surface area (Å²) in [6, 6.07) is 1.29. The summed E-state index contributed by atoms with van der Waals surface area (Å²) < 4.78 is 5.77. The van der Waals surface area contributed by atoms with Gasteiger partial charge >= 0.3 is 0 Å². The molecule has 0 aromatic heterocycles. The first-order valence-electron chi connectivity index (χ1n) is 4.41. The van der Waals surface area contributed by atoms with Crippen LogP contribution in [-0.2, 0) is 4.74 Å². The summed E-state index contributed by atoms with van der Waals surface area (Å²) in [5.41, 5.74) is 0.268. The average molecular weight is 158 g/mol. The van der Waals surface area contributed by atoms with Crippen LogP contribution in [0.5, 0.6) is 0 Å². The monoisotopic (exact) mass is 158 g/mol. The van der Waals surface area contributed by atoms with Crippen molar-refractivity contribution >= 4 is 10.2 Å². The van der Waals surface area contributed by atoms with Gasteiger partial charge in [-0.25, -0.2) is 0 Å². The lowest BCUT2D eigenvalue weighted by molar-refractivity contribution is -0.0186. The highest BCUT2D eigenvalue weighted by molar-refractivity contribution is 6.08. The smallest absolute Gasteiger partial charge is 0.0654 e. The van der Waals surface area contributed by atoms with E-state index < -0.39 is 0 Å². The Balaban J connectivity index is 2.22. The van der Waals surface area contributed by atoms with E-state index in [1.54, 1.807) is 0 Å². The van der Waals surface area contributed by atoms with E-state index in [-0.39, 0.29) is 5.60 Å². The van der Waals surface area contributed by atoms with Crippen molar-refractivity contribution in [1.82, 2.24) is 0 Å². The molecule has 0 heterocycles. The molecule has 10 heavy (non-hydrogen) atoms. The van der Waals surface area contributed by atoms with Crippen molar-refractivity contribution in [1.29, 1.82) is 0 Å². The lowest BCUT2D eigenvalue weighted by Crippen LogP contribution is -2.24. The fraction of sp³-hybridized carbons (Fsp3) is 1.00. The maximum absolute atomic E-state index is 5.77. The van der Waals surface area contributed by atoms with E-state index in [1.165, 1.54) is 42.0 Å². The third kappa shape index (κ3) is 2.10. The van der Waals surface area contributed by atoms with Crippen molar-refractivity contribution in [2.45, 2.75) is 44.3 Å². The van der Waals surface area contributed by atoms with Gasteiger partial charge in [-0.05, 0) is 25.8 Å². The summed E-state index contributed by atoms with van der Waals surface area (Å²) >= 11 is 0. The van der Waals surface area contributed by atoms with Crippen LogP contribution in [0.25, 0.3) is 0 Å². The van der Waals surface area contributed by atoms with E-state index in [0.717, 1.165) is 6.61 Å². The summed E-state index contributed by atoms with van der Waals surface area (Å²) in [6.45, 7) is 3.26. The van der Waals surface area contributed by atoms with E-state index in [4.69, 9.17) is 4.74 Å². The van der Waals surface area contributed by atoms with E-state index >= 15 is 0 Å². The molecule has 0 spiro atoms. The molecule has 0 atom stereocenters. The van der Waals surface area contributed by atoms with Gasteiger partial charge in [0.1, 0.15) is 0 Å². The second-order valence-electron chi connectivity index (χ2n) is 3.51. The Labute approximate surface area is 66.6 Å². The number of ether oxygens (including phenoxy) is 1. The molecule has 0 amide bonds. The van der Waals surface area contributed by atoms with Gasteiger partial charge in [0.2, 0.25) is 0 Å². The van der Waals surface area contributed by atoms with Crippen LogP contribution in [0.2, 0.25) is 6.04 Å². The summed E-state index contributed by atoms with van der Waals surface area (Å²) in [5, 5.41) is 0. The van der Waals surface area contributed by atoms with Gasteiger partial charge in [0.05, 0.1) is 5.60 Å². The largest absolute Gasteiger partial charge is 0.376 e. The fourth-order valence-electron chi connectivity index (χ4n) is 1.62. The minimum Gasteiger partial charge on any atom is -0.376 e. The van der Waals surface area contributed by atoms with E-state index in [2.05, 4.69) is 6.92 Å². The van der Waals surface area contributed by atoms with Crippen LogP contribution in [0.1, 0.15) is 32.6 Å². The molecule has 1 fully saturated rings. The fourth-order valence-corrected chi connectivity index (χ4v) is 1.82. The average Bonchev–Trinajstić information content (AvgIpc) is 2.33. The Kier molecular flexibility index (Phi) is 2.92. The highest BCUT2D eigenvalue weighted by Crippen LogP contribution is 2.32. The van der Waals surface area contributed by atoms with Crippen LogP contribution in [0.3, 0.4) is 0 Å². The summed E-state index contributed by atoms with van der Waals surface area (Å²) in [6.07, 6.45) is 5.32. The van der Waals surface area contributed by atoms with Crippen LogP contribution < -0.4 is 0 Å². The second-order valence-corrected chi connectivity index (χ2v) is 4.51.